The van der Waals surface area contributed by atoms with E-state index in [1.165, 1.54) is 61.0 Å². The minimum absolute atomic E-state index is 0.450. The highest BCUT2D eigenvalue weighted by molar-refractivity contribution is 5.59. The number of rotatable bonds is 4. The molecule has 0 saturated carbocycles. The minimum atomic E-state index is 0.450. The Hall–Kier alpha value is -1.91. The second-order valence-corrected chi connectivity index (χ2v) is 10.1. The molecular weight excluding hydrogens is 380 g/mol. The first-order valence-corrected chi connectivity index (χ1v) is 12.4. The van der Waals surface area contributed by atoms with Crippen LogP contribution in [0.3, 0.4) is 0 Å². The number of piperidine rings is 1. The summed E-state index contributed by atoms with van der Waals surface area (Å²) in [6.07, 6.45) is 10.7. The molecule has 0 amide bonds. The molecule has 1 aromatic carbocycles. The fraction of sp³-hybridized carbons (Fsp3) is 0.593. The van der Waals surface area contributed by atoms with Gasteiger partial charge in [-0.15, -0.1) is 0 Å². The van der Waals surface area contributed by atoms with Crippen LogP contribution in [0.2, 0.25) is 0 Å². The van der Waals surface area contributed by atoms with Crippen LogP contribution in [0.25, 0.3) is 0 Å². The molecule has 166 valence electrons. The van der Waals surface area contributed by atoms with E-state index in [1.807, 2.05) is 6.20 Å². The lowest BCUT2D eigenvalue weighted by Crippen LogP contribution is -2.47. The number of aromatic nitrogens is 1. The summed E-state index contributed by atoms with van der Waals surface area (Å²) in [5.41, 5.74) is 7.33. The van der Waals surface area contributed by atoms with Gasteiger partial charge in [0.2, 0.25) is 0 Å². The van der Waals surface area contributed by atoms with E-state index in [2.05, 4.69) is 66.3 Å². The van der Waals surface area contributed by atoms with Gasteiger partial charge in [-0.2, -0.15) is 0 Å². The summed E-state index contributed by atoms with van der Waals surface area (Å²) in [4.78, 5) is 10.0. The van der Waals surface area contributed by atoms with Crippen LogP contribution in [0, 0.1) is 0 Å². The Labute approximate surface area is 188 Å². The normalized spacial score (nSPS) is 28.3. The lowest BCUT2D eigenvalue weighted by atomic mass is 9.88. The van der Waals surface area contributed by atoms with Crippen LogP contribution in [-0.2, 0) is 19.4 Å². The molecule has 31 heavy (non-hydrogen) atoms. The standard InChI is InChI=1S/C27H38N4/c1-19-8-4-9-20(2)31(19)25-13-6-11-22-17-29-23(16-24(22)25)18-30(3)26-14-5-10-21-12-7-15-28-27(21)26/h6-7,11-13,15,19-20,23,26,29H,4-5,8-10,14,16-18H2,1-3H3/t19-,20+,23-,26-/m0/s1. The smallest absolute Gasteiger partial charge is 0.0607 e. The zero-order chi connectivity index (χ0) is 21.4. The second kappa shape index (κ2) is 8.91. The van der Waals surface area contributed by atoms with E-state index in [-0.39, 0.29) is 0 Å². The lowest BCUT2D eigenvalue weighted by molar-refractivity contribution is 0.191. The molecule has 1 aromatic heterocycles. The van der Waals surface area contributed by atoms with Gasteiger partial charge >= 0.3 is 0 Å². The molecule has 4 atom stereocenters. The third kappa shape index (κ3) is 4.12. The van der Waals surface area contributed by atoms with Crippen molar-refractivity contribution < 1.29 is 0 Å². The second-order valence-electron chi connectivity index (χ2n) is 10.1. The predicted octanol–water partition coefficient (Wildman–Crippen LogP) is 4.87. The predicted molar refractivity (Wildman–Crippen MR) is 129 cm³/mol. The fourth-order valence-corrected chi connectivity index (χ4v) is 6.35. The molecule has 1 fully saturated rings. The van der Waals surface area contributed by atoms with Gasteiger partial charge < -0.3 is 10.2 Å². The molecule has 3 aliphatic rings. The summed E-state index contributed by atoms with van der Waals surface area (Å²) in [7, 11) is 2.30. The number of pyridine rings is 1. The number of aryl methyl sites for hydroxylation is 1. The maximum atomic E-state index is 4.77. The number of anilines is 1. The van der Waals surface area contributed by atoms with E-state index in [0.29, 0.717) is 24.2 Å². The molecule has 3 heterocycles. The van der Waals surface area contributed by atoms with Gasteiger partial charge in [-0.25, -0.2) is 0 Å². The molecule has 0 unspecified atom stereocenters. The van der Waals surface area contributed by atoms with Crippen LogP contribution in [0.4, 0.5) is 5.69 Å². The van der Waals surface area contributed by atoms with E-state index in [1.54, 1.807) is 5.56 Å². The van der Waals surface area contributed by atoms with Crippen molar-refractivity contribution in [1.82, 2.24) is 15.2 Å². The van der Waals surface area contributed by atoms with Gasteiger partial charge in [0.25, 0.3) is 0 Å². The van der Waals surface area contributed by atoms with Crippen molar-refractivity contribution in [2.75, 3.05) is 18.5 Å². The summed E-state index contributed by atoms with van der Waals surface area (Å²) in [6.45, 7) is 6.88. The highest BCUT2D eigenvalue weighted by Gasteiger charge is 2.31. The Morgan fingerprint density at radius 2 is 1.84 bits per heavy atom. The van der Waals surface area contributed by atoms with E-state index in [0.717, 1.165) is 19.5 Å². The minimum Gasteiger partial charge on any atom is -0.366 e. The maximum Gasteiger partial charge on any atom is 0.0607 e. The molecule has 4 heteroatoms. The van der Waals surface area contributed by atoms with Gasteiger partial charge in [-0.1, -0.05) is 18.2 Å². The monoisotopic (exact) mass is 418 g/mol. The Morgan fingerprint density at radius 3 is 2.68 bits per heavy atom. The Balaban J connectivity index is 1.34. The zero-order valence-corrected chi connectivity index (χ0v) is 19.5. The average Bonchev–Trinajstić information content (AvgIpc) is 2.79. The van der Waals surface area contributed by atoms with Crippen molar-refractivity contribution in [1.29, 1.82) is 0 Å². The topological polar surface area (TPSA) is 31.4 Å². The third-order valence-electron chi connectivity index (χ3n) is 7.96. The van der Waals surface area contributed by atoms with Crippen molar-refractivity contribution >= 4 is 5.69 Å². The quantitative estimate of drug-likeness (QED) is 0.767. The number of nitrogens with one attached hydrogen (secondary N) is 1. The van der Waals surface area contributed by atoms with Gasteiger partial charge in [0.05, 0.1) is 11.7 Å². The van der Waals surface area contributed by atoms with Gasteiger partial charge in [0.1, 0.15) is 0 Å². The Morgan fingerprint density at radius 1 is 1.03 bits per heavy atom. The first kappa shape index (κ1) is 21.0. The molecule has 5 rings (SSSR count). The Bertz CT molecular complexity index is 900. The lowest BCUT2D eigenvalue weighted by Gasteiger charge is -2.43. The van der Waals surface area contributed by atoms with Crippen LogP contribution in [0.15, 0.2) is 36.5 Å². The largest absolute Gasteiger partial charge is 0.366 e. The summed E-state index contributed by atoms with van der Waals surface area (Å²) >= 11 is 0. The van der Waals surface area contributed by atoms with Gasteiger partial charge in [0, 0.05) is 43.1 Å². The SMILES string of the molecule is C[C@@H]1CCC[C@H](C)N1c1cccc2c1C[C@@H](CN(C)[C@H]1CCCc3cccnc31)NC2. The van der Waals surface area contributed by atoms with Crippen molar-refractivity contribution in [2.45, 2.75) is 89.5 Å². The number of hydrogen-bond donors (Lipinski definition) is 1. The fourth-order valence-electron chi connectivity index (χ4n) is 6.35. The molecule has 1 saturated heterocycles. The van der Waals surface area contributed by atoms with Crippen molar-refractivity contribution in [3.05, 3.63) is 58.9 Å². The van der Waals surface area contributed by atoms with Gasteiger partial charge in [-0.3, -0.25) is 9.88 Å². The molecule has 2 aliphatic heterocycles. The summed E-state index contributed by atoms with van der Waals surface area (Å²) < 4.78 is 0. The van der Waals surface area contributed by atoms with E-state index < -0.39 is 0 Å². The molecule has 2 aromatic rings. The van der Waals surface area contributed by atoms with Crippen molar-refractivity contribution in [3.8, 4) is 0 Å². The molecule has 4 nitrogen and oxygen atoms in total. The maximum absolute atomic E-state index is 4.77. The molecule has 0 bridgehead atoms. The first-order chi connectivity index (χ1) is 15.1. The van der Waals surface area contributed by atoms with E-state index in [4.69, 9.17) is 4.98 Å². The van der Waals surface area contributed by atoms with Crippen LogP contribution < -0.4 is 10.2 Å². The molecule has 0 spiro atoms. The number of hydrogen-bond acceptors (Lipinski definition) is 4. The van der Waals surface area contributed by atoms with Crippen molar-refractivity contribution in [3.63, 3.8) is 0 Å². The number of benzene rings is 1. The van der Waals surface area contributed by atoms with Crippen LogP contribution >= 0.6 is 0 Å². The summed E-state index contributed by atoms with van der Waals surface area (Å²) in [6, 6.07) is 13.5. The summed E-state index contributed by atoms with van der Waals surface area (Å²) in [5, 5.41) is 3.84. The first-order valence-electron chi connectivity index (χ1n) is 12.4. The number of likely N-dealkylation sites (N-methyl/N-ethyl adjacent to an activating group) is 1. The van der Waals surface area contributed by atoms with Crippen LogP contribution in [0.1, 0.15) is 74.4 Å². The zero-order valence-electron chi connectivity index (χ0n) is 19.5. The number of fused-ring (bicyclic) bond motifs is 2. The molecule has 1 N–H and O–H groups in total. The number of nitrogens with zero attached hydrogens (tertiary/aromatic N) is 3. The Kier molecular flexibility index (Phi) is 6.03. The van der Waals surface area contributed by atoms with E-state index >= 15 is 0 Å². The van der Waals surface area contributed by atoms with E-state index in [9.17, 15) is 0 Å². The van der Waals surface area contributed by atoms with Crippen molar-refractivity contribution in [2.24, 2.45) is 0 Å². The van der Waals surface area contributed by atoms with Gasteiger partial charge in [-0.05, 0) is 94.7 Å². The van der Waals surface area contributed by atoms with Crippen LogP contribution in [0.5, 0.6) is 0 Å². The van der Waals surface area contributed by atoms with Crippen LogP contribution in [-0.4, -0.2) is 41.6 Å². The highest BCUT2D eigenvalue weighted by Crippen LogP contribution is 2.36. The summed E-state index contributed by atoms with van der Waals surface area (Å²) in [5.74, 6) is 0. The average molecular weight is 419 g/mol. The molecule has 0 radical (unpaired) electrons. The highest BCUT2D eigenvalue weighted by atomic mass is 15.2. The molecule has 1 aliphatic carbocycles. The molecular formula is C27H38N4. The third-order valence-corrected chi connectivity index (χ3v) is 7.96. The van der Waals surface area contributed by atoms with Gasteiger partial charge in [0.15, 0.2) is 0 Å².